The molecule has 4 aliphatic carbocycles. The molecule has 0 aromatic rings. The molecule has 4 saturated carbocycles. The summed E-state index contributed by atoms with van der Waals surface area (Å²) in [6.45, 7) is 1.89. The van der Waals surface area contributed by atoms with Crippen LogP contribution < -0.4 is 0 Å². The van der Waals surface area contributed by atoms with Crippen LogP contribution in [-0.2, 0) is 9.47 Å². The SMILES string of the molecule is CCOCOC(CC1CC2CC1C1C3CCC(C3)C21)C(F)(F)F. The van der Waals surface area contributed by atoms with Gasteiger partial charge in [-0.2, -0.15) is 13.2 Å². The van der Waals surface area contributed by atoms with Gasteiger partial charge in [0.2, 0.25) is 0 Å². The molecule has 0 spiro atoms. The molecule has 0 aromatic heterocycles. The first kappa shape index (κ1) is 16.2. The lowest BCUT2D eigenvalue weighted by Gasteiger charge is -2.39. The van der Waals surface area contributed by atoms with Gasteiger partial charge in [-0.15, -0.1) is 0 Å². The van der Waals surface area contributed by atoms with E-state index in [1.54, 1.807) is 6.92 Å². The lowest BCUT2D eigenvalue weighted by molar-refractivity contribution is -0.248. The van der Waals surface area contributed by atoms with Gasteiger partial charge in [0.25, 0.3) is 0 Å². The molecular weight excluding hydrogens is 305 g/mol. The summed E-state index contributed by atoms with van der Waals surface area (Å²) in [6.07, 6.45) is 0.441. The molecule has 8 atom stereocenters. The number of rotatable bonds is 6. The third kappa shape index (κ3) is 2.72. The van der Waals surface area contributed by atoms with Crippen molar-refractivity contribution in [3.05, 3.63) is 0 Å². The average molecular weight is 332 g/mol. The zero-order valence-corrected chi connectivity index (χ0v) is 13.7. The minimum atomic E-state index is -4.28. The van der Waals surface area contributed by atoms with Gasteiger partial charge in [-0.05, 0) is 86.9 Å². The predicted octanol–water partition coefficient (Wildman–Crippen LogP) is 4.64. The van der Waals surface area contributed by atoms with Gasteiger partial charge in [-0.25, -0.2) is 0 Å². The fraction of sp³-hybridized carbons (Fsp3) is 1.00. The lowest BCUT2D eigenvalue weighted by Crippen LogP contribution is -2.38. The number of alkyl halides is 3. The van der Waals surface area contributed by atoms with Gasteiger partial charge in [0.05, 0.1) is 0 Å². The number of hydrogen-bond donors (Lipinski definition) is 0. The van der Waals surface area contributed by atoms with Crippen LogP contribution in [0.4, 0.5) is 13.2 Å². The Labute approximate surface area is 136 Å². The zero-order chi connectivity index (χ0) is 16.2. The van der Waals surface area contributed by atoms with Crippen LogP contribution >= 0.6 is 0 Å². The highest BCUT2D eigenvalue weighted by atomic mass is 19.4. The van der Waals surface area contributed by atoms with Crippen molar-refractivity contribution in [2.75, 3.05) is 13.4 Å². The van der Waals surface area contributed by atoms with Crippen molar-refractivity contribution in [2.24, 2.45) is 41.4 Å². The molecule has 4 bridgehead atoms. The smallest absolute Gasteiger partial charge is 0.356 e. The van der Waals surface area contributed by atoms with E-state index in [-0.39, 0.29) is 19.1 Å². The summed E-state index contributed by atoms with van der Waals surface area (Å²) in [5, 5.41) is 0. The highest BCUT2D eigenvalue weighted by Gasteiger charge is 2.62. The van der Waals surface area contributed by atoms with Gasteiger partial charge < -0.3 is 9.47 Å². The molecule has 4 rings (SSSR count). The van der Waals surface area contributed by atoms with Gasteiger partial charge in [0.1, 0.15) is 6.79 Å². The Kier molecular flexibility index (Phi) is 4.16. The molecule has 23 heavy (non-hydrogen) atoms. The minimum absolute atomic E-state index is 0.137. The van der Waals surface area contributed by atoms with Crippen molar-refractivity contribution in [3.63, 3.8) is 0 Å². The highest BCUT2D eigenvalue weighted by molar-refractivity contribution is 5.11. The first-order valence-electron chi connectivity index (χ1n) is 9.25. The first-order valence-corrected chi connectivity index (χ1v) is 9.25. The standard InChI is InChI=1S/C18H27F3O2/c1-2-22-9-23-15(18(19,20)21)8-12-6-13-7-14(12)17-11-4-3-10(5-11)16(13)17/h10-17H,2-9H2,1H3. The van der Waals surface area contributed by atoms with Crippen molar-refractivity contribution in [2.45, 2.75) is 57.7 Å². The molecule has 0 aliphatic heterocycles. The van der Waals surface area contributed by atoms with E-state index in [1.165, 1.54) is 25.7 Å². The van der Waals surface area contributed by atoms with Gasteiger partial charge >= 0.3 is 6.18 Å². The monoisotopic (exact) mass is 332 g/mol. The molecule has 0 amide bonds. The van der Waals surface area contributed by atoms with Crippen LogP contribution in [0.5, 0.6) is 0 Å². The molecule has 0 radical (unpaired) electrons. The summed E-state index contributed by atoms with van der Waals surface area (Å²) in [5.74, 6) is 4.73. The summed E-state index contributed by atoms with van der Waals surface area (Å²) < 4.78 is 49.9. The maximum absolute atomic E-state index is 13.3. The van der Waals surface area contributed by atoms with Crippen LogP contribution in [0.2, 0.25) is 0 Å². The number of hydrogen-bond acceptors (Lipinski definition) is 2. The van der Waals surface area contributed by atoms with Gasteiger partial charge in [0, 0.05) is 6.61 Å². The number of halogens is 3. The van der Waals surface area contributed by atoms with E-state index in [0.717, 1.165) is 30.1 Å². The number of fused-ring (bicyclic) bond motifs is 9. The Hall–Kier alpha value is -0.290. The summed E-state index contributed by atoms with van der Waals surface area (Å²) >= 11 is 0. The number of ether oxygens (including phenoxy) is 2. The second-order valence-corrected chi connectivity index (χ2v) is 8.19. The second kappa shape index (κ2) is 5.91. The average Bonchev–Trinajstić information content (AvgIpc) is 3.23. The van der Waals surface area contributed by atoms with Crippen molar-refractivity contribution < 1.29 is 22.6 Å². The Morgan fingerprint density at radius 1 is 1.00 bits per heavy atom. The van der Waals surface area contributed by atoms with Crippen LogP contribution in [-0.4, -0.2) is 25.7 Å². The lowest BCUT2D eigenvalue weighted by atomic mass is 9.66. The molecule has 4 aliphatic rings. The Morgan fingerprint density at radius 2 is 1.74 bits per heavy atom. The normalized spacial score (nSPS) is 45.7. The van der Waals surface area contributed by atoms with Gasteiger partial charge in [-0.1, -0.05) is 0 Å². The van der Waals surface area contributed by atoms with Crippen molar-refractivity contribution in [1.29, 1.82) is 0 Å². The van der Waals surface area contributed by atoms with Gasteiger partial charge in [-0.3, -0.25) is 0 Å². The topological polar surface area (TPSA) is 18.5 Å². The summed E-state index contributed by atoms with van der Waals surface area (Å²) in [6, 6.07) is 0. The molecule has 8 unspecified atom stereocenters. The molecular formula is C18H27F3O2. The molecule has 2 nitrogen and oxygen atoms in total. The van der Waals surface area contributed by atoms with Crippen LogP contribution in [0.3, 0.4) is 0 Å². The summed E-state index contributed by atoms with van der Waals surface area (Å²) in [7, 11) is 0. The van der Waals surface area contributed by atoms with E-state index in [4.69, 9.17) is 9.47 Å². The summed E-state index contributed by atoms with van der Waals surface area (Å²) in [5.41, 5.74) is 0. The van der Waals surface area contributed by atoms with Crippen molar-refractivity contribution >= 4 is 0 Å². The van der Waals surface area contributed by atoms with E-state index < -0.39 is 12.3 Å². The maximum atomic E-state index is 13.3. The van der Waals surface area contributed by atoms with Crippen LogP contribution in [0.1, 0.15) is 45.4 Å². The maximum Gasteiger partial charge on any atom is 0.414 e. The van der Waals surface area contributed by atoms with Crippen LogP contribution in [0.15, 0.2) is 0 Å². The van der Waals surface area contributed by atoms with E-state index in [0.29, 0.717) is 18.4 Å². The third-order valence-electron chi connectivity index (χ3n) is 7.31. The van der Waals surface area contributed by atoms with E-state index in [9.17, 15) is 13.2 Å². The fourth-order valence-corrected chi connectivity index (χ4v) is 6.76. The molecule has 4 fully saturated rings. The summed E-state index contributed by atoms with van der Waals surface area (Å²) in [4.78, 5) is 0. The van der Waals surface area contributed by atoms with E-state index >= 15 is 0 Å². The first-order chi connectivity index (χ1) is 11.0. The molecule has 5 heteroatoms. The quantitative estimate of drug-likeness (QED) is 0.401. The molecule has 0 heterocycles. The third-order valence-corrected chi connectivity index (χ3v) is 7.31. The Bertz CT molecular complexity index is 438. The fourth-order valence-electron chi connectivity index (χ4n) is 6.76. The van der Waals surface area contributed by atoms with Crippen molar-refractivity contribution in [1.82, 2.24) is 0 Å². The zero-order valence-electron chi connectivity index (χ0n) is 13.7. The highest BCUT2D eigenvalue weighted by Crippen LogP contribution is 2.69. The molecule has 0 N–H and O–H groups in total. The minimum Gasteiger partial charge on any atom is -0.356 e. The van der Waals surface area contributed by atoms with E-state index in [2.05, 4.69) is 0 Å². The van der Waals surface area contributed by atoms with Crippen LogP contribution in [0, 0.1) is 41.4 Å². The Balaban J connectivity index is 1.41. The van der Waals surface area contributed by atoms with Crippen molar-refractivity contribution in [3.8, 4) is 0 Å². The molecule has 132 valence electrons. The second-order valence-electron chi connectivity index (χ2n) is 8.19. The van der Waals surface area contributed by atoms with Gasteiger partial charge in [0.15, 0.2) is 6.10 Å². The van der Waals surface area contributed by atoms with Crippen LogP contribution in [0.25, 0.3) is 0 Å². The largest absolute Gasteiger partial charge is 0.414 e. The molecule has 0 saturated heterocycles. The van der Waals surface area contributed by atoms with E-state index in [1.807, 2.05) is 0 Å². The predicted molar refractivity (Wildman–Crippen MR) is 79.6 cm³/mol. The molecule has 0 aromatic carbocycles. The Morgan fingerprint density at radius 3 is 2.43 bits per heavy atom.